The van der Waals surface area contributed by atoms with E-state index in [2.05, 4.69) is 15.6 Å². The summed E-state index contributed by atoms with van der Waals surface area (Å²) in [5.74, 6) is 1.13. The number of hydrogen-bond acceptors (Lipinski definition) is 5. The first-order chi connectivity index (χ1) is 9.24. The van der Waals surface area contributed by atoms with E-state index in [0.717, 1.165) is 17.5 Å². The Morgan fingerprint density at radius 2 is 2.26 bits per heavy atom. The Bertz CT molecular complexity index is 341. The van der Waals surface area contributed by atoms with E-state index in [4.69, 9.17) is 4.74 Å². The molecule has 1 heterocycles. The van der Waals surface area contributed by atoms with Crippen molar-refractivity contribution in [2.75, 3.05) is 39.1 Å². The van der Waals surface area contributed by atoms with Gasteiger partial charge in [0, 0.05) is 26.0 Å². The molecule has 1 spiro atoms. The Hall–Kier alpha value is -0.750. The number of aliphatic imine (C=N–C) groups is 1. The summed E-state index contributed by atoms with van der Waals surface area (Å²) in [6.45, 7) is 2.32. The number of nitrogens with zero attached hydrogens (tertiary/aromatic N) is 1. The fourth-order valence-corrected chi connectivity index (χ4v) is 3.75. The molecule has 1 aliphatic heterocycles. The standard InChI is InChI=1S/C13H23N3O2S/c1-18-7-6-14-11(17)8-15-12-16-9-13(10-19-12)4-2-3-5-13/h2-10H2,1H3,(H,14,17)(H,15,16). The van der Waals surface area contributed by atoms with Crippen molar-refractivity contribution in [2.45, 2.75) is 25.7 Å². The number of carbonyl (C=O) groups is 1. The zero-order valence-electron chi connectivity index (χ0n) is 11.5. The van der Waals surface area contributed by atoms with Gasteiger partial charge in [-0.1, -0.05) is 24.6 Å². The second kappa shape index (κ2) is 7.14. The third-order valence-corrected chi connectivity index (χ3v) is 5.07. The zero-order valence-corrected chi connectivity index (χ0v) is 12.4. The topological polar surface area (TPSA) is 62.7 Å². The molecule has 5 nitrogen and oxygen atoms in total. The molecule has 0 saturated heterocycles. The minimum Gasteiger partial charge on any atom is -0.383 e. The molecule has 0 radical (unpaired) electrons. The predicted molar refractivity (Wildman–Crippen MR) is 78.5 cm³/mol. The summed E-state index contributed by atoms with van der Waals surface area (Å²) in [5.41, 5.74) is 0.455. The highest BCUT2D eigenvalue weighted by molar-refractivity contribution is 8.13. The first-order valence-corrected chi connectivity index (χ1v) is 7.89. The van der Waals surface area contributed by atoms with E-state index in [1.807, 2.05) is 0 Å². The molecule has 2 N–H and O–H groups in total. The summed E-state index contributed by atoms with van der Waals surface area (Å²) in [6.07, 6.45) is 5.32. The maximum absolute atomic E-state index is 11.5. The number of ether oxygens (including phenoxy) is 1. The summed E-state index contributed by atoms with van der Waals surface area (Å²) in [4.78, 5) is 16.1. The smallest absolute Gasteiger partial charge is 0.239 e. The molecule has 108 valence electrons. The van der Waals surface area contributed by atoms with Gasteiger partial charge in [0.1, 0.15) is 0 Å². The number of thioether (sulfide) groups is 1. The van der Waals surface area contributed by atoms with Gasteiger partial charge >= 0.3 is 0 Å². The highest BCUT2D eigenvalue weighted by atomic mass is 32.2. The highest BCUT2D eigenvalue weighted by Crippen LogP contribution is 2.43. The van der Waals surface area contributed by atoms with E-state index < -0.39 is 0 Å². The molecule has 19 heavy (non-hydrogen) atoms. The maximum atomic E-state index is 11.5. The number of carbonyl (C=O) groups excluding carboxylic acids is 1. The third-order valence-electron chi connectivity index (χ3n) is 3.77. The van der Waals surface area contributed by atoms with Gasteiger partial charge in [0.2, 0.25) is 5.91 Å². The number of nitrogens with one attached hydrogen (secondary N) is 2. The van der Waals surface area contributed by atoms with Crippen molar-refractivity contribution in [2.24, 2.45) is 10.4 Å². The fourth-order valence-electron chi connectivity index (χ4n) is 2.60. The van der Waals surface area contributed by atoms with Crippen LogP contribution in [0.5, 0.6) is 0 Å². The van der Waals surface area contributed by atoms with E-state index in [1.165, 1.54) is 25.7 Å². The monoisotopic (exact) mass is 285 g/mol. The summed E-state index contributed by atoms with van der Waals surface area (Å²) in [6, 6.07) is 0. The number of rotatable bonds is 5. The molecule has 6 heteroatoms. The normalized spacial score (nSPS) is 21.2. The molecule has 1 saturated carbocycles. The number of amidine groups is 1. The van der Waals surface area contributed by atoms with E-state index in [9.17, 15) is 4.79 Å². The molecule has 1 amide bonds. The van der Waals surface area contributed by atoms with Crippen LogP contribution >= 0.6 is 11.8 Å². The van der Waals surface area contributed by atoms with Crippen LogP contribution < -0.4 is 10.6 Å². The second-order valence-electron chi connectivity index (χ2n) is 5.31. The lowest BCUT2D eigenvalue weighted by atomic mass is 9.89. The summed E-state index contributed by atoms with van der Waals surface area (Å²) >= 11 is 1.76. The fraction of sp³-hybridized carbons (Fsp3) is 0.846. The van der Waals surface area contributed by atoms with E-state index in [1.54, 1.807) is 18.9 Å². The van der Waals surface area contributed by atoms with Crippen LogP contribution in [0.3, 0.4) is 0 Å². The predicted octanol–water partition coefficient (Wildman–Crippen LogP) is 1.00. The molecule has 1 aliphatic carbocycles. The van der Waals surface area contributed by atoms with Crippen molar-refractivity contribution in [3.8, 4) is 0 Å². The molecular formula is C13H23N3O2S. The van der Waals surface area contributed by atoms with Crippen molar-refractivity contribution < 1.29 is 9.53 Å². The Balaban J connectivity index is 1.67. The molecule has 2 rings (SSSR count). The molecule has 0 bridgehead atoms. The Labute approximate surface area is 119 Å². The van der Waals surface area contributed by atoms with E-state index in [-0.39, 0.29) is 5.91 Å². The lowest BCUT2D eigenvalue weighted by molar-refractivity contribution is -0.120. The van der Waals surface area contributed by atoms with Gasteiger partial charge in [-0.05, 0) is 18.3 Å². The summed E-state index contributed by atoms with van der Waals surface area (Å²) in [5, 5.41) is 6.81. The van der Waals surface area contributed by atoms with Crippen molar-refractivity contribution in [3.05, 3.63) is 0 Å². The first-order valence-electron chi connectivity index (χ1n) is 6.91. The van der Waals surface area contributed by atoms with Gasteiger partial charge in [0.25, 0.3) is 0 Å². The first kappa shape index (κ1) is 14.7. The molecule has 0 unspecified atom stereocenters. The van der Waals surface area contributed by atoms with Crippen LogP contribution in [0.1, 0.15) is 25.7 Å². The molecule has 0 aromatic carbocycles. The minimum atomic E-state index is -0.0125. The van der Waals surface area contributed by atoms with Gasteiger partial charge in [0.05, 0.1) is 13.2 Å². The van der Waals surface area contributed by atoms with Crippen LogP contribution in [-0.2, 0) is 9.53 Å². The van der Waals surface area contributed by atoms with Gasteiger partial charge < -0.3 is 15.4 Å². The van der Waals surface area contributed by atoms with Crippen molar-refractivity contribution in [1.29, 1.82) is 0 Å². The third kappa shape index (κ3) is 4.38. The quantitative estimate of drug-likeness (QED) is 0.740. The molecular weight excluding hydrogens is 262 g/mol. The Morgan fingerprint density at radius 3 is 2.89 bits per heavy atom. The average Bonchev–Trinajstić information content (AvgIpc) is 2.87. The van der Waals surface area contributed by atoms with Gasteiger partial charge in [-0.2, -0.15) is 0 Å². The minimum absolute atomic E-state index is 0.0125. The van der Waals surface area contributed by atoms with Gasteiger partial charge in [-0.25, -0.2) is 0 Å². The SMILES string of the molecule is COCCNC(=O)CNC1=NCC2(CCCC2)CS1. The summed E-state index contributed by atoms with van der Waals surface area (Å²) < 4.78 is 4.88. The number of methoxy groups -OCH3 is 1. The Kier molecular flexibility index (Phi) is 5.51. The van der Waals surface area contributed by atoms with Crippen LogP contribution in [-0.4, -0.2) is 50.2 Å². The Morgan fingerprint density at radius 1 is 1.47 bits per heavy atom. The zero-order chi connectivity index (χ0) is 13.6. The molecule has 2 aliphatic rings. The average molecular weight is 285 g/mol. The van der Waals surface area contributed by atoms with Gasteiger partial charge in [-0.3, -0.25) is 9.79 Å². The molecule has 0 aromatic heterocycles. The van der Waals surface area contributed by atoms with Crippen LogP contribution in [0.2, 0.25) is 0 Å². The summed E-state index contributed by atoms with van der Waals surface area (Å²) in [7, 11) is 1.62. The van der Waals surface area contributed by atoms with Crippen molar-refractivity contribution in [3.63, 3.8) is 0 Å². The van der Waals surface area contributed by atoms with Crippen molar-refractivity contribution >= 4 is 22.8 Å². The lowest BCUT2D eigenvalue weighted by Gasteiger charge is -2.30. The van der Waals surface area contributed by atoms with Crippen LogP contribution in [0, 0.1) is 5.41 Å². The second-order valence-corrected chi connectivity index (χ2v) is 6.28. The van der Waals surface area contributed by atoms with Crippen molar-refractivity contribution in [1.82, 2.24) is 10.6 Å². The van der Waals surface area contributed by atoms with E-state index >= 15 is 0 Å². The number of amides is 1. The highest BCUT2D eigenvalue weighted by Gasteiger charge is 2.36. The lowest BCUT2D eigenvalue weighted by Crippen LogP contribution is -2.39. The van der Waals surface area contributed by atoms with Crippen LogP contribution in [0.25, 0.3) is 0 Å². The van der Waals surface area contributed by atoms with E-state index in [0.29, 0.717) is 25.1 Å². The number of hydrogen-bond donors (Lipinski definition) is 2. The molecule has 1 fully saturated rings. The molecule has 0 atom stereocenters. The molecule has 0 aromatic rings. The van der Waals surface area contributed by atoms with Crippen LogP contribution in [0.4, 0.5) is 0 Å². The van der Waals surface area contributed by atoms with Gasteiger partial charge in [0.15, 0.2) is 5.17 Å². The van der Waals surface area contributed by atoms with Crippen LogP contribution in [0.15, 0.2) is 4.99 Å². The largest absolute Gasteiger partial charge is 0.383 e. The maximum Gasteiger partial charge on any atom is 0.239 e. The van der Waals surface area contributed by atoms with Gasteiger partial charge in [-0.15, -0.1) is 0 Å².